The Labute approximate surface area is 144 Å². The Hall–Kier alpha value is -2.46. The van der Waals surface area contributed by atoms with Crippen molar-refractivity contribution in [3.63, 3.8) is 0 Å². The van der Waals surface area contributed by atoms with Gasteiger partial charge in [-0.2, -0.15) is 0 Å². The first-order valence-corrected chi connectivity index (χ1v) is 8.16. The number of ketones is 1. The Bertz CT molecular complexity index is 945. The minimum Gasteiger partial charge on any atom is -0.496 e. The van der Waals surface area contributed by atoms with Crippen LogP contribution in [-0.4, -0.2) is 24.5 Å². The standard InChI is InChI=1S/C19H16ClNO3/c1-23-18-8-13(20)3-2-11(18)7-17(22)15-10-21-16-9-19-12(4-5-24-19)6-14(15)16/h2-3,6,8-10,21H,4-5,7H2,1H3. The molecule has 0 unspecified atom stereocenters. The summed E-state index contributed by atoms with van der Waals surface area (Å²) >= 11 is 5.98. The number of carbonyl (C=O) groups excluding carboxylic acids is 1. The van der Waals surface area contributed by atoms with Crippen LogP contribution >= 0.6 is 11.6 Å². The van der Waals surface area contributed by atoms with E-state index in [2.05, 4.69) is 11.1 Å². The molecule has 1 N–H and O–H groups in total. The van der Waals surface area contributed by atoms with Crippen molar-refractivity contribution in [3.8, 4) is 11.5 Å². The fraction of sp³-hybridized carbons (Fsp3) is 0.211. The van der Waals surface area contributed by atoms with Crippen LogP contribution in [-0.2, 0) is 12.8 Å². The fourth-order valence-corrected chi connectivity index (χ4v) is 3.32. The third-order valence-corrected chi connectivity index (χ3v) is 4.63. The maximum atomic E-state index is 12.8. The van der Waals surface area contributed by atoms with Crippen LogP contribution in [0.25, 0.3) is 10.9 Å². The maximum absolute atomic E-state index is 12.8. The third-order valence-electron chi connectivity index (χ3n) is 4.39. The second-order valence-electron chi connectivity index (χ2n) is 5.86. The largest absolute Gasteiger partial charge is 0.496 e. The molecule has 4 nitrogen and oxygen atoms in total. The van der Waals surface area contributed by atoms with Gasteiger partial charge >= 0.3 is 0 Å². The van der Waals surface area contributed by atoms with E-state index in [1.807, 2.05) is 12.1 Å². The smallest absolute Gasteiger partial charge is 0.169 e. The van der Waals surface area contributed by atoms with Crippen molar-refractivity contribution in [1.29, 1.82) is 0 Å². The summed E-state index contributed by atoms with van der Waals surface area (Å²) in [6.07, 6.45) is 2.92. The number of halogens is 1. The minimum absolute atomic E-state index is 0.0423. The lowest BCUT2D eigenvalue weighted by Gasteiger charge is -2.08. The van der Waals surface area contributed by atoms with Gasteiger partial charge in [0.2, 0.25) is 0 Å². The number of aromatic nitrogens is 1. The summed E-state index contributed by atoms with van der Waals surface area (Å²) in [6.45, 7) is 0.702. The molecule has 1 aliphatic heterocycles. The van der Waals surface area contributed by atoms with E-state index in [-0.39, 0.29) is 12.2 Å². The number of methoxy groups -OCH3 is 1. The van der Waals surface area contributed by atoms with Crippen LogP contribution < -0.4 is 9.47 Å². The zero-order chi connectivity index (χ0) is 16.7. The van der Waals surface area contributed by atoms with E-state index >= 15 is 0 Å². The normalized spacial score (nSPS) is 12.9. The van der Waals surface area contributed by atoms with Gasteiger partial charge in [0.25, 0.3) is 0 Å². The van der Waals surface area contributed by atoms with Gasteiger partial charge in [0.15, 0.2) is 5.78 Å². The molecule has 0 saturated carbocycles. The number of aromatic amines is 1. The Morgan fingerprint density at radius 3 is 3.04 bits per heavy atom. The van der Waals surface area contributed by atoms with Crippen molar-refractivity contribution in [3.05, 3.63) is 58.2 Å². The average Bonchev–Trinajstić information content (AvgIpc) is 3.19. The van der Waals surface area contributed by atoms with E-state index in [4.69, 9.17) is 21.1 Å². The van der Waals surface area contributed by atoms with Gasteiger partial charge in [-0.05, 0) is 23.8 Å². The number of ether oxygens (including phenoxy) is 2. The predicted molar refractivity (Wildman–Crippen MR) is 93.5 cm³/mol. The van der Waals surface area contributed by atoms with Crippen molar-refractivity contribution in [2.75, 3.05) is 13.7 Å². The molecule has 0 amide bonds. The number of hydrogen-bond acceptors (Lipinski definition) is 3. The highest BCUT2D eigenvalue weighted by Gasteiger charge is 2.19. The van der Waals surface area contributed by atoms with E-state index in [1.165, 1.54) is 0 Å². The molecule has 0 saturated heterocycles. The monoisotopic (exact) mass is 341 g/mol. The highest BCUT2D eigenvalue weighted by molar-refractivity contribution is 6.30. The lowest BCUT2D eigenvalue weighted by Crippen LogP contribution is -2.04. The molecule has 0 bridgehead atoms. The molecule has 122 valence electrons. The van der Waals surface area contributed by atoms with Crippen LogP contribution in [0, 0.1) is 0 Å². The number of fused-ring (bicyclic) bond motifs is 2. The van der Waals surface area contributed by atoms with Gasteiger partial charge in [0, 0.05) is 52.2 Å². The molecule has 4 rings (SSSR count). The number of rotatable bonds is 4. The number of Topliss-reactive ketones (excluding diaryl/α,β-unsaturated/α-hetero) is 1. The molecule has 24 heavy (non-hydrogen) atoms. The maximum Gasteiger partial charge on any atom is 0.169 e. The van der Waals surface area contributed by atoms with Gasteiger partial charge in [0.05, 0.1) is 13.7 Å². The van der Waals surface area contributed by atoms with Crippen molar-refractivity contribution in [1.82, 2.24) is 4.98 Å². The zero-order valence-corrected chi connectivity index (χ0v) is 13.9. The van der Waals surface area contributed by atoms with E-state index in [1.54, 1.807) is 25.4 Å². The number of carbonyl (C=O) groups is 1. The summed E-state index contributed by atoms with van der Waals surface area (Å²) in [5.41, 5.74) is 3.59. The third kappa shape index (κ3) is 2.53. The molecule has 0 aliphatic carbocycles. The summed E-state index contributed by atoms with van der Waals surface area (Å²) in [7, 11) is 1.58. The van der Waals surface area contributed by atoms with Crippen LogP contribution in [0.5, 0.6) is 11.5 Å². The summed E-state index contributed by atoms with van der Waals surface area (Å²) in [6, 6.07) is 9.35. The van der Waals surface area contributed by atoms with Crippen LogP contribution in [0.3, 0.4) is 0 Å². The Kier molecular flexibility index (Phi) is 3.69. The SMILES string of the molecule is COc1cc(Cl)ccc1CC(=O)c1c[nH]c2cc3c(cc12)CCO3. The highest BCUT2D eigenvalue weighted by Crippen LogP contribution is 2.32. The molecule has 0 radical (unpaired) electrons. The van der Waals surface area contributed by atoms with Crippen LogP contribution in [0.2, 0.25) is 5.02 Å². The summed E-state index contributed by atoms with van der Waals surface area (Å²) in [5.74, 6) is 1.58. The quantitative estimate of drug-likeness (QED) is 0.724. The number of nitrogens with one attached hydrogen (secondary N) is 1. The number of benzene rings is 2. The second kappa shape index (κ2) is 5.87. The van der Waals surface area contributed by atoms with Gasteiger partial charge in [-0.3, -0.25) is 4.79 Å². The minimum atomic E-state index is 0.0423. The van der Waals surface area contributed by atoms with Crippen molar-refractivity contribution in [2.45, 2.75) is 12.8 Å². The Balaban J connectivity index is 1.69. The van der Waals surface area contributed by atoms with E-state index < -0.39 is 0 Å². The molecule has 1 aromatic heterocycles. The van der Waals surface area contributed by atoms with Crippen molar-refractivity contribution >= 4 is 28.3 Å². The molecule has 0 fully saturated rings. The first-order chi connectivity index (χ1) is 11.7. The molecular formula is C19H16ClNO3. The molecule has 1 aliphatic rings. The van der Waals surface area contributed by atoms with Gasteiger partial charge in [-0.1, -0.05) is 17.7 Å². The first kappa shape index (κ1) is 15.1. The van der Waals surface area contributed by atoms with E-state index in [0.717, 1.165) is 34.2 Å². The lowest BCUT2D eigenvalue weighted by atomic mass is 10.0. The van der Waals surface area contributed by atoms with Crippen molar-refractivity contribution in [2.24, 2.45) is 0 Å². The van der Waals surface area contributed by atoms with E-state index in [9.17, 15) is 4.79 Å². The predicted octanol–water partition coefficient (Wildman–Crippen LogP) is 4.19. The van der Waals surface area contributed by atoms with Crippen LogP contribution in [0.15, 0.2) is 36.5 Å². The molecule has 0 spiro atoms. The lowest BCUT2D eigenvalue weighted by molar-refractivity contribution is 0.0993. The van der Waals surface area contributed by atoms with Gasteiger partial charge in [-0.25, -0.2) is 0 Å². The molecule has 2 aromatic carbocycles. The fourth-order valence-electron chi connectivity index (χ4n) is 3.16. The van der Waals surface area contributed by atoms with Gasteiger partial charge < -0.3 is 14.5 Å². The van der Waals surface area contributed by atoms with E-state index in [0.29, 0.717) is 22.9 Å². The van der Waals surface area contributed by atoms with Crippen LogP contribution in [0.1, 0.15) is 21.5 Å². The zero-order valence-electron chi connectivity index (χ0n) is 13.2. The summed E-state index contributed by atoms with van der Waals surface area (Å²) in [4.78, 5) is 16.0. The highest BCUT2D eigenvalue weighted by atomic mass is 35.5. The topological polar surface area (TPSA) is 51.3 Å². The number of hydrogen-bond donors (Lipinski definition) is 1. The molecular weight excluding hydrogens is 326 g/mol. The molecule has 5 heteroatoms. The Morgan fingerprint density at radius 1 is 1.33 bits per heavy atom. The molecule has 0 atom stereocenters. The van der Waals surface area contributed by atoms with Gasteiger partial charge in [0.1, 0.15) is 11.5 Å². The molecule has 2 heterocycles. The second-order valence-corrected chi connectivity index (χ2v) is 6.30. The van der Waals surface area contributed by atoms with Gasteiger partial charge in [-0.15, -0.1) is 0 Å². The Morgan fingerprint density at radius 2 is 2.21 bits per heavy atom. The van der Waals surface area contributed by atoms with Crippen LogP contribution in [0.4, 0.5) is 0 Å². The summed E-state index contributed by atoms with van der Waals surface area (Å²) < 4.78 is 10.9. The number of H-pyrrole nitrogens is 1. The molecule has 3 aromatic rings. The average molecular weight is 342 g/mol. The summed E-state index contributed by atoms with van der Waals surface area (Å²) in [5, 5.41) is 1.53. The first-order valence-electron chi connectivity index (χ1n) is 7.78. The van der Waals surface area contributed by atoms with Crippen molar-refractivity contribution < 1.29 is 14.3 Å².